The fourth-order valence-corrected chi connectivity index (χ4v) is 14.0. The van der Waals surface area contributed by atoms with Crippen molar-refractivity contribution in [3.8, 4) is 65.2 Å². The number of ether oxygens (including phenoxy) is 3. The van der Waals surface area contributed by atoms with Gasteiger partial charge in [0.05, 0.1) is 163 Å². The van der Waals surface area contributed by atoms with Crippen molar-refractivity contribution in [2.24, 2.45) is 7.05 Å². The van der Waals surface area contributed by atoms with Gasteiger partial charge in [0.15, 0.2) is 28.5 Å². The molecular weight excluding hydrogens is 1770 g/mol. The van der Waals surface area contributed by atoms with Crippen molar-refractivity contribution in [1.29, 1.82) is 26.3 Å². The molecule has 5 saturated heterocycles. The van der Waals surface area contributed by atoms with Gasteiger partial charge in [0, 0.05) is 157 Å². The monoisotopic (exact) mass is 1880 g/mol. The fourth-order valence-electron chi connectivity index (χ4n) is 13.6. The Bertz CT molecular complexity index is 5930. The van der Waals surface area contributed by atoms with E-state index in [2.05, 4.69) is 203 Å². The minimum absolute atomic E-state index is 0.0489. The lowest BCUT2D eigenvalue weighted by molar-refractivity contribution is 0.0371. The Morgan fingerprint density at radius 2 is 0.757 bits per heavy atom. The molecule has 5 aliphatic rings. The molecule has 42 nitrogen and oxygen atoms in total. The first kappa shape index (κ1) is 100. The van der Waals surface area contributed by atoms with Crippen molar-refractivity contribution in [3.05, 3.63) is 185 Å². The summed E-state index contributed by atoms with van der Waals surface area (Å²) in [6.45, 7) is 19.7. The molecule has 14 N–H and O–H groups in total. The zero-order chi connectivity index (χ0) is 96.2. The summed E-state index contributed by atoms with van der Waals surface area (Å²) in [7, 11) is 8.24. The molecule has 0 bridgehead atoms. The van der Waals surface area contributed by atoms with Crippen LogP contribution in [0.25, 0.3) is 11.1 Å². The Morgan fingerprint density at radius 1 is 0.419 bits per heavy atom. The summed E-state index contributed by atoms with van der Waals surface area (Å²) in [5, 5.41) is 108. The van der Waals surface area contributed by atoms with Crippen LogP contribution in [0, 0.1) is 80.3 Å². The van der Waals surface area contributed by atoms with Crippen LogP contribution in [0.3, 0.4) is 0 Å². The normalized spacial score (nSPS) is 16.0. The number of pyridine rings is 5. The van der Waals surface area contributed by atoms with Crippen molar-refractivity contribution in [2.75, 3.05) is 179 Å². The van der Waals surface area contributed by atoms with Gasteiger partial charge < -0.3 is 103 Å². The lowest BCUT2D eigenvalue weighted by atomic mass is 10.0. The highest BCUT2D eigenvalue weighted by atomic mass is 35.5. The van der Waals surface area contributed by atoms with Crippen LogP contribution in [0.4, 0.5) is 86.6 Å². The van der Waals surface area contributed by atoms with E-state index >= 15 is 0 Å². The molecule has 136 heavy (non-hydrogen) atoms. The predicted molar refractivity (Wildman–Crippen MR) is 516 cm³/mol. The van der Waals surface area contributed by atoms with Gasteiger partial charge in [0.2, 0.25) is 0 Å². The molecule has 0 radical (unpaired) electrons. The number of aromatic nitrogens is 17. The van der Waals surface area contributed by atoms with Crippen molar-refractivity contribution < 1.29 is 24.4 Å². The molecule has 11 aromatic rings. The topological polar surface area (TPSA) is 552 Å². The van der Waals surface area contributed by atoms with E-state index in [1.54, 1.807) is 69.6 Å². The number of aliphatic hydroxyl groups is 2. The second-order valence-electron chi connectivity index (χ2n) is 32.7. The smallest absolute Gasteiger partial charge is 0.158 e. The van der Waals surface area contributed by atoms with E-state index in [4.69, 9.17) is 63.7 Å². The maximum absolute atomic E-state index is 9.90. The molecule has 702 valence electrons. The number of hydrogen-bond acceptors (Lipinski definition) is 41. The first-order valence-corrected chi connectivity index (χ1v) is 44.3. The van der Waals surface area contributed by atoms with Crippen molar-refractivity contribution >= 4 is 110 Å². The average molecular weight is 1880 g/mol. The molecule has 0 saturated carbocycles. The van der Waals surface area contributed by atoms with Crippen LogP contribution >= 0.6 is 23.2 Å². The molecule has 0 amide bonds. The van der Waals surface area contributed by atoms with E-state index < -0.39 is 11.2 Å². The van der Waals surface area contributed by atoms with Gasteiger partial charge in [-0.2, -0.15) is 31.4 Å². The zero-order valence-electron chi connectivity index (χ0n) is 76.3. The third kappa shape index (κ3) is 32.5. The number of nitrogens with one attached hydrogen (secondary N) is 12. The molecule has 0 aliphatic carbocycles. The Hall–Kier alpha value is -14.9. The van der Waals surface area contributed by atoms with Crippen LogP contribution in [-0.2, 0) is 21.3 Å². The van der Waals surface area contributed by atoms with Gasteiger partial charge in [0.1, 0.15) is 99.7 Å². The molecule has 16 heterocycles. The summed E-state index contributed by atoms with van der Waals surface area (Å²) in [6.07, 6.45) is 31.1. The predicted octanol–water partition coefficient (Wildman–Crippen LogP) is 8.62. The number of rotatable bonds is 24. The SMILES string of the molecule is CC(C)(O)C#Cc1cnc(Nc2cnc(C#N)cn2)cc1NC[C@@H]1CNCCO1.CC(C)(O)C#Cc1cnc(Nc2cnc(C#N)cn2)cc1NC[C@H]1CNCCO1.CN1CCC(N(C)c2cc(Nc3cnc(C#N)cn3)ncc2Cl)CC1.CN1CCC(Nc2cc(Nc3cnc(C#N)cn3)ncc2Cl)CC1.Cn1cc(-c2cnc(Nc3cnc(C#N)cn3)cc2NC[C@@H]2CNCCO2)cn1. The number of nitrogens with zero attached hydrogens (tertiary/aromatic N) is 25. The molecular formula is C92H105Cl2N37O5. The highest BCUT2D eigenvalue weighted by Gasteiger charge is 2.26. The number of anilines is 15. The first-order valence-electron chi connectivity index (χ1n) is 43.6. The van der Waals surface area contributed by atoms with E-state index in [0.29, 0.717) is 131 Å². The minimum atomic E-state index is -1.11. The molecule has 0 aromatic carbocycles. The van der Waals surface area contributed by atoms with Gasteiger partial charge in [-0.05, 0) is 93.7 Å². The van der Waals surface area contributed by atoms with Crippen LogP contribution in [0.15, 0.2) is 136 Å². The number of likely N-dealkylation sites (tertiary alicyclic amines) is 2. The minimum Gasteiger partial charge on any atom is -0.382 e. The van der Waals surface area contributed by atoms with Crippen molar-refractivity contribution in [1.82, 2.24) is 110 Å². The number of piperidine rings is 2. The number of hydrogen-bond donors (Lipinski definition) is 14. The quantitative estimate of drug-likeness (QED) is 0.0252. The molecule has 3 atom stereocenters. The number of aryl methyl sites for hydroxylation is 1. The van der Waals surface area contributed by atoms with Gasteiger partial charge in [-0.25, -0.2) is 74.8 Å². The highest BCUT2D eigenvalue weighted by molar-refractivity contribution is 6.33. The van der Waals surface area contributed by atoms with Crippen LogP contribution in [0.2, 0.25) is 10.0 Å². The molecule has 44 heteroatoms. The van der Waals surface area contributed by atoms with Gasteiger partial charge in [-0.15, -0.1) is 0 Å². The third-order valence-electron chi connectivity index (χ3n) is 20.8. The summed E-state index contributed by atoms with van der Waals surface area (Å²) in [6, 6.07) is 19.9. The van der Waals surface area contributed by atoms with Gasteiger partial charge in [0.25, 0.3) is 0 Å². The zero-order valence-corrected chi connectivity index (χ0v) is 77.8. The van der Waals surface area contributed by atoms with Crippen LogP contribution in [-0.4, -0.2) is 272 Å². The lowest BCUT2D eigenvalue weighted by Gasteiger charge is -2.36. The Balaban J connectivity index is 0.000000153. The molecule has 5 aliphatic heterocycles. The Kier molecular flexibility index (Phi) is 37.0. The van der Waals surface area contributed by atoms with Gasteiger partial charge >= 0.3 is 0 Å². The highest BCUT2D eigenvalue weighted by Crippen LogP contribution is 2.34. The summed E-state index contributed by atoms with van der Waals surface area (Å²) in [5.41, 5.74) is 6.52. The molecule has 5 fully saturated rings. The van der Waals surface area contributed by atoms with E-state index in [0.717, 1.165) is 131 Å². The van der Waals surface area contributed by atoms with E-state index in [1.807, 2.05) is 73.9 Å². The third-order valence-corrected chi connectivity index (χ3v) is 21.4. The van der Waals surface area contributed by atoms with Gasteiger partial charge in [-0.3, -0.25) is 4.68 Å². The maximum atomic E-state index is 9.90. The lowest BCUT2D eigenvalue weighted by Crippen LogP contribution is -2.42. The molecule has 16 rings (SSSR count). The molecule has 0 unspecified atom stereocenters. The number of nitriles is 5. The Morgan fingerprint density at radius 3 is 1.10 bits per heavy atom. The van der Waals surface area contributed by atoms with Crippen LogP contribution < -0.4 is 68.7 Å². The molecule has 11 aromatic heterocycles. The maximum Gasteiger partial charge on any atom is 0.158 e. The Labute approximate surface area is 797 Å². The fraction of sp³-hybridized carbons (Fsp3) is 0.380. The van der Waals surface area contributed by atoms with Gasteiger partial charge in [-0.1, -0.05) is 46.9 Å². The first-order chi connectivity index (χ1) is 65.8. The number of halogens is 2. The van der Waals surface area contributed by atoms with E-state index in [-0.39, 0.29) is 46.8 Å². The van der Waals surface area contributed by atoms with Crippen molar-refractivity contribution in [2.45, 2.75) is 95.0 Å². The number of morpholine rings is 3. The van der Waals surface area contributed by atoms with Crippen molar-refractivity contribution in [3.63, 3.8) is 0 Å². The average Bonchev–Trinajstić information content (AvgIpc) is 1.46. The van der Waals surface area contributed by atoms with E-state index in [1.165, 1.54) is 62.0 Å². The second kappa shape index (κ2) is 50.3. The van der Waals surface area contributed by atoms with Crippen LogP contribution in [0.1, 0.15) is 93.0 Å². The summed E-state index contributed by atoms with van der Waals surface area (Å²) in [5.74, 6) is 17.0. The largest absolute Gasteiger partial charge is 0.382 e. The second-order valence-corrected chi connectivity index (χ2v) is 33.5. The standard InChI is InChI=1S/2C20H23N7O2.C19H21N9O.C17H20ClN7.C16H18ClN7/c2*1-20(2,28)4-3-14-9-25-18(27-19-13-23-15(8-21)10-26-19)7-17(14)24-12-16-11-22-5-6-29-16;1-28-12-13(6-26-28)16-10-25-18(27-19-11-22-14(5-20)7-24-19)4-17(16)23-9-15-8-21-2-3-29-15;1-24-5-3-13(4-6-24)25(2)15-7-16(22-10-14(15)18)23-17-11-20-12(8-19)9-21-17;1-24-4-2-11(3-5-24)22-14-6-15(21-9-13(14)17)23-16-10-19-12(7-18)8-20-16/h2*7,9-10,13,16,22,28H,5-6,11-12H2,1-2H3,(H2,24,25,26,27);4,6-7,10-12,15,21H,2-3,8-9H2,1H3,(H2,23,24,25,27);7,9-11,13H,3-6H2,1-2H3,(H,21,22,23);6,8-11H,2-5H2,1H3,(H2,20,21,22,23)/t2*16-;15-;;/m100../s1. The molecule has 0 spiro atoms. The summed E-state index contributed by atoms with van der Waals surface area (Å²) >= 11 is 12.6. The summed E-state index contributed by atoms with van der Waals surface area (Å²) < 4.78 is 19.0. The van der Waals surface area contributed by atoms with Crippen LogP contribution in [0.5, 0.6) is 0 Å². The van der Waals surface area contributed by atoms with E-state index in [9.17, 15) is 10.2 Å². The summed E-state index contributed by atoms with van der Waals surface area (Å²) in [4.78, 5) is 69.4.